The highest BCUT2D eigenvalue weighted by Gasteiger charge is 2.32. The highest BCUT2D eigenvalue weighted by Crippen LogP contribution is 2.36. The molecular formula is C20H22N4O5S2. The first-order chi connectivity index (χ1) is 14.9. The molecule has 164 valence electrons. The summed E-state index contributed by atoms with van der Waals surface area (Å²) in [5.74, 6) is -0.479. The number of carboxylic acids is 1. The summed E-state index contributed by atoms with van der Waals surface area (Å²) < 4.78 is 10.9. The number of likely N-dealkylation sites (N-methyl/N-ethyl adjacent to an activating group) is 1. The molecule has 1 atom stereocenters. The predicted octanol–water partition coefficient (Wildman–Crippen LogP) is 3.72. The number of ether oxygens (including phenoxy) is 2. The van der Waals surface area contributed by atoms with Crippen molar-refractivity contribution >= 4 is 51.4 Å². The summed E-state index contributed by atoms with van der Waals surface area (Å²) in [4.78, 5) is 30.6. The summed E-state index contributed by atoms with van der Waals surface area (Å²) in [6.45, 7) is 5.93. The van der Waals surface area contributed by atoms with Gasteiger partial charge in [-0.3, -0.25) is 9.69 Å². The first-order valence-corrected chi connectivity index (χ1v) is 11.2. The van der Waals surface area contributed by atoms with Gasteiger partial charge in [0, 0.05) is 6.54 Å². The quantitative estimate of drug-likeness (QED) is 0.591. The van der Waals surface area contributed by atoms with E-state index in [1.54, 1.807) is 36.1 Å². The van der Waals surface area contributed by atoms with Crippen molar-refractivity contribution in [1.82, 2.24) is 15.1 Å². The number of amidine groups is 1. The second-order valence-corrected chi connectivity index (χ2v) is 8.59. The molecule has 0 saturated carbocycles. The van der Waals surface area contributed by atoms with Crippen molar-refractivity contribution in [3.63, 3.8) is 0 Å². The zero-order valence-corrected chi connectivity index (χ0v) is 19.1. The Morgan fingerprint density at radius 2 is 2.10 bits per heavy atom. The largest absolute Gasteiger partial charge is 0.493 e. The Hall–Kier alpha value is -2.92. The van der Waals surface area contributed by atoms with E-state index in [0.717, 1.165) is 5.01 Å². The third kappa shape index (κ3) is 5.23. The van der Waals surface area contributed by atoms with Crippen molar-refractivity contribution in [2.75, 3.05) is 13.7 Å². The molecule has 1 amide bonds. The van der Waals surface area contributed by atoms with E-state index >= 15 is 0 Å². The number of aliphatic carboxylic acids is 1. The molecule has 31 heavy (non-hydrogen) atoms. The highest BCUT2D eigenvalue weighted by atomic mass is 32.2. The number of carbonyl (C=O) groups is 2. The standard InChI is InChI=1S/C20H22N4O5S2/c1-5-13(18(26)27)29-14-8-7-12(9-15(14)28-4)10-16-17(25)24(6-2)20(31-16)21-19-23-22-11(3)30-19/h7-10,13H,5-6H2,1-4H3,(H,26,27)/b16-10+,21-20+. The average Bonchev–Trinajstić information content (AvgIpc) is 3.28. The van der Waals surface area contributed by atoms with Crippen molar-refractivity contribution in [3.8, 4) is 11.5 Å². The second kappa shape index (κ2) is 9.92. The number of aromatic nitrogens is 2. The molecule has 2 aromatic rings. The molecule has 1 saturated heterocycles. The van der Waals surface area contributed by atoms with Crippen molar-refractivity contribution < 1.29 is 24.2 Å². The van der Waals surface area contributed by atoms with Crippen LogP contribution in [-0.4, -0.2) is 57.0 Å². The number of carboxylic acid groups (broad SMARTS) is 1. The molecule has 1 unspecified atom stereocenters. The van der Waals surface area contributed by atoms with E-state index in [1.165, 1.54) is 30.2 Å². The molecule has 1 fully saturated rings. The Kier molecular flexibility index (Phi) is 7.29. The van der Waals surface area contributed by atoms with Crippen LogP contribution in [0.4, 0.5) is 5.13 Å². The summed E-state index contributed by atoms with van der Waals surface area (Å²) >= 11 is 2.62. The average molecular weight is 463 g/mol. The molecule has 1 aliphatic heterocycles. The number of benzene rings is 1. The number of nitrogens with zero attached hydrogens (tertiary/aromatic N) is 4. The molecule has 9 nitrogen and oxygen atoms in total. The fourth-order valence-electron chi connectivity index (χ4n) is 2.77. The van der Waals surface area contributed by atoms with Crippen LogP contribution in [0.25, 0.3) is 6.08 Å². The zero-order valence-electron chi connectivity index (χ0n) is 17.5. The van der Waals surface area contributed by atoms with Crippen molar-refractivity contribution in [2.24, 2.45) is 4.99 Å². The van der Waals surface area contributed by atoms with E-state index in [4.69, 9.17) is 9.47 Å². The Labute approximate surface area is 187 Å². The lowest BCUT2D eigenvalue weighted by Crippen LogP contribution is -2.28. The van der Waals surface area contributed by atoms with Gasteiger partial charge in [-0.05, 0) is 55.8 Å². The zero-order chi connectivity index (χ0) is 22.5. The van der Waals surface area contributed by atoms with Crippen LogP contribution >= 0.6 is 23.1 Å². The lowest BCUT2D eigenvalue weighted by Gasteiger charge is -2.16. The Bertz CT molecular complexity index is 1050. The molecule has 0 aliphatic carbocycles. The number of aliphatic imine (C=N–C) groups is 1. The van der Waals surface area contributed by atoms with Crippen LogP contribution in [0.5, 0.6) is 11.5 Å². The number of carbonyl (C=O) groups excluding carboxylic acids is 1. The minimum atomic E-state index is -1.04. The van der Waals surface area contributed by atoms with Gasteiger partial charge < -0.3 is 14.6 Å². The Balaban J connectivity index is 1.87. The van der Waals surface area contributed by atoms with Crippen LogP contribution in [0.2, 0.25) is 0 Å². The van der Waals surface area contributed by atoms with E-state index in [-0.39, 0.29) is 5.91 Å². The van der Waals surface area contributed by atoms with Crippen molar-refractivity contribution in [2.45, 2.75) is 33.3 Å². The van der Waals surface area contributed by atoms with Gasteiger partial charge in [0.2, 0.25) is 5.13 Å². The van der Waals surface area contributed by atoms with Crippen LogP contribution in [-0.2, 0) is 9.59 Å². The number of amides is 1. The van der Waals surface area contributed by atoms with Crippen LogP contribution in [0.3, 0.4) is 0 Å². The number of methoxy groups -OCH3 is 1. The first kappa shape index (κ1) is 22.8. The number of aryl methyl sites for hydroxylation is 1. The number of hydrogen-bond acceptors (Lipinski definition) is 9. The van der Waals surface area contributed by atoms with Crippen molar-refractivity contribution in [3.05, 3.63) is 33.7 Å². The van der Waals surface area contributed by atoms with Crippen LogP contribution in [0.15, 0.2) is 28.1 Å². The summed E-state index contributed by atoms with van der Waals surface area (Å²) in [6.07, 6.45) is 1.09. The maximum atomic E-state index is 12.8. The molecule has 11 heteroatoms. The molecule has 1 aromatic heterocycles. The van der Waals surface area contributed by atoms with Gasteiger partial charge in [-0.25, -0.2) is 4.79 Å². The van der Waals surface area contributed by atoms with Gasteiger partial charge in [0.15, 0.2) is 22.8 Å². The normalized spacial score (nSPS) is 17.4. The van der Waals surface area contributed by atoms with Gasteiger partial charge in [-0.1, -0.05) is 24.3 Å². The summed E-state index contributed by atoms with van der Waals surface area (Å²) in [7, 11) is 1.48. The summed E-state index contributed by atoms with van der Waals surface area (Å²) in [6, 6.07) is 5.08. The topological polar surface area (TPSA) is 114 Å². The lowest BCUT2D eigenvalue weighted by molar-refractivity contribution is -0.145. The van der Waals surface area contributed by atoms with Crippen LogP contribution in [0, 0.1) is 6.92 Å². The molecule has 0 spiro atoms. The molecule has 0 bridgehead atoms. The third-order valence-electron chi connectivity index (χ3n) is 4.31. The maximum absolute atomic E-state index is 12.8. The number of hydrogen-bond donors (Lipinski definition) is 1. The highest BCUT2D eigenvalue weighted by molar-refractivity contribution is 8.18. The monoisotopic (exact) mass is 462 g/mol. The van der Waals surface area contributed by atoms with Gasteiger partial charge in [-0.2, -0.15) is 4.99 Å². The molecule has 0 radical (unpaired) electrons. The number of rotatable bonds is 8. The SMILES string of the molecule is CCC(Oc1ccc(/C=C2/S/C(=N/c3nnc(C)s3)N(CC)C2=O)cc1OC)C(=O)O. The molecule has 1 aliphatic rings. The third-order valence-corrected chi connectivity index (χ3v) is 6.05. The van der Waals surface area contributed by atoms with Crippen LogP contribution in [0.1, 0.15) is 30.8 Å². The van der Waals surface area contributed by atoms with Gasteiger partial charge in [-0.15, -0.1) is 10.2 Å². The van der Waals surface area contributed by atoms with E-state index < -0.39 is 12.1 Å². The van der Waals surface area contributed by atoms with Gasteiger partial charge in [0.1, 0.15) is 5.01 Å². The van der Waals surface area contributed by atoms with E-state index in [0.29, 0.717) is 45.2 Å². The van der Waals surface area contributed by atoms with E-state index in [1.807, 2.05) is 13.8 Å². The smallest absolute Gasteiger partial charge is 0.344 e. The second-order valence-electron chi connectivity index (χ2n) is 6.42. The molecule has 1 aromatic carbocycles. The van der Waals surface area contributed by atoms with Gasteiger partial charge in [0.25, 0.3) is 5.91 Å². The predicted molar refractivity (Wildman–Crippen MR) is 120 cm³/mol. The fraction of sp³-hybridized carbons (Fsp3) is 0.350. The number of thioether (sulfide) groups is 1. The lowest BCUT2D eigenvalue weighted by atomic mass is 10.1. The minimum Gasteiger partial charge on any atom is -0.493 e. The minimum absolute atomic E-state index is 0.149. The first-order valence-electron chi connectivity index (χ1n) is 9.53. The Morgan fingerprint density at radius 1 is 1.32 bits per heavy atom. The van der Waals surface area contributed by atoms with E-state index in [2.05, 4.69) is 15.2 Å². The maximum Gasteiger partial charge on any atom is 0.344 e. The molecular weight excluding hydrogens is 440 g/mol. The summed E-state index contributed by atoms with van der Waals surface area (Å²) in [5, 5.41) is 19.0. The van der Waals surface area contributed by atoms with E-state index in [9.17, 15) is 14.7 Å². The van der Waals surface area contributed by atoms with Crippen LogP contribution < -0.4 is 9.47 Å². The van der Waals surface area contributed by atoms with Crippen molar-refractivity contribution in [1.29, 1.82) is 0 Å². The molecule has 1 N–H and O–H groups in total. The fourth-order valence-corrected chi connectivity index (χ4v) is 4.43. The van der Waals surface area contributed by atoms with Gasteiger partial charge in [0.05, 0.1) is 12.0 Å². The summed E-state index contributed by atoms with van der Waals surface area (Å²) in [5.41, 5.74) is 0.715. The molecule has 3 rings (SSSR count). The Morgan fingerprint density at radius 3 is 2.68 bits per heavy atom. The van der Waals surface area contributed by atoms with Gasteiger partial charge >= 0.3 is 5.97 Å². The molecule has 2 heterocycles.